The molecule has 0 unspecified atom stereocenters. The molecule has 6 heteroatoms. The van der Waals surface area contributed by atoms with Crippen LogP contribution in [-0.2, 0) is 6.42 Å². The molecule has 0 saturated heterocycles. The van der Waals surface area contributed by atoms with E-state index in [1.54, 1.807) is 13.3 Å². The number of imidazole rings is 1. The maximum Gasteiger partial charge on any atom is 0.169 e. The van der Waals surface area contributed by atoms with Gasteiger partial charge in [0.2, 0.25) is 0 Å². The Morgan fingerprint density at radius 2 is 1.97 bits per heavy atom. The van der Waals surface area contributed by atoms with E-state index in [-0.39, 0.29) is 11.8 Å². The number of ether oxygens (including phenoxy) is 1. The molecule has 0 aliphatic carbocycles. The zero-order chi connectivity index (χ0) is 21.6. The quantitative estimate of drug-likeness (QED) is 0.392. The minimum atomic E-state index is 0.240. The molecule has 4 rings (SSSR count). The lowest BCUT2D eigenvalue weighted by Gasteiger charge is -2.17. The van der Waals surface area contributed by atoms with Gasteiger partial charge in [-0.1, -0.05) is 6.92 Å². The van der Waals surface area contributed by atoms with Gasteiger partial charge >= 0.3 is 0 Å². The van der Waals surface area contributed by atoms with E-state index < -0.39 is 0 Å². The van der Waals surface area contributed by atoms with Gasteiger partial charge in [-0.05, 0) is 68.7 Å². The van der Waals surface area contributed by atoms with Crippen LogP contribution in [0.2, 0.25) is 0 Å². The second kappa shape index (κ2) is 7.76. The van der Waals surface area contributed by atoms with E-state index in [1.807, 2.05) is 35.8 Å². The molecule has 0 amide bonds. The topological polar surface area (TPSA) is 52.2 Å². The van der Waals surface area contributed by atoms with Gasteiger partial charge < -0.3 is 14.4 Å². The standard InChI is InChI=1S/C24H27N3O2S/c1-6-16-12-18(21(28)11-15(16)4)20-13-25-24(30)27(20)19-7-8-22(29-5)23-17(19)9-10-26(23)14(2)3/h7-14,28H,6H2,1-5H3,(H,25,30). The Labute approximate surface area is 182 Å². The summed E-state index contributed by atoms with van der Waals surface area (Å²) in [6, 6.07) is 10.2. The van der Waals surface area contributed by atoms with Crippen molar-refractivity contribution < 1.29 is 9.84 Å². The van der Waals surface area contributed by atoms with E-state index in [9.17, 15) is 5.11 Å². The Morgan fingerprint density at radius 1 is 1.20 bits per heavy atom. The minimum absolute atomic E-state index is 0.240. The summed E-state index contributed by atoms with van der Waals surface area (Å²) in [6.45, 7) is 8.43. The summed E-state index contributed by atoms with van der Waals surface area (Å²) in [6.07, 6.45) is 4.74. The zero-order valence-corrected chi connectivity index (χ0v) is 18.9. The van der Waals surface area contributed by atoms with Crippen LogP contribution in [0.4, 0.5) is 0 Å². The van der Waals surface area contributed by atoms with Gasteiger partial charge in [0, 0.05) is 23.2 Å². The zero-order valence-electron chi connectivity index (χ0n) is 18.0. The summed E-state index contributed by atoms with van der Waals surface area (Å²) in [4.78, 5) is 4.46. The first-order chi connectivity index (χ1) is 14.4. The number of nitrogens with zero attached hydrogens (tertiary/aromatic N) is 3. The predicted molar refractivity (Wildman–Crippen MR) is 124 cm³/mol. The molecule has 2 heterocycles. The molecule has 4 aromatic rings. The van der Waals surface area contributed by atoms with E-state index >= 15 is 0 Å². The first-order valence-electron chi connectivity index (χ1n) is 10.1. The van der Waals surface area contributed by atoms with Gasteiger partial charge in [-0.3, -0.25) is 4.57 Å². The van der Waals surface area contributed by atoms with Gasteiger partial charge in [0.25, 0.3) is 0 Å². The second-order valence-electron chi connectivity index (χ2n) is 7.79. The highest BCUT2D eigenvalue weighted by Gasteiger charge is 2.20. The van der Waals surface area contributed by atoms with E-state index in [0.717, 1.165) is 45.6 Å². The lowest BCUT2D eigenvalue weighted by molar-refractivity contribution is 0.416. The SMILES string of the molecule is CCc1cc(-c2cnc(S)n2-c2ccc(OC)c3c2ccn3C(C)C)c(O)cc1C. The number of aromatic hydroxyl groups is 1. The second-order valence-corrected chi connectivity index (χ2v) is 8.19. The summed E-state index contributed by atoms with van der Waals surface area (Å²) in [5.74, 6) is 1.06. The fraction of sp³-hybridized carbons (Fsp3) is 0.292. The van der Waals surface area contributed by atoms with Gasteiger partial charge in [0.15, 0.2) is 5.16 Å². The van der Waals surface area contributed by atoms with Gasteiger partial charge in [-0.25, -0.2) is 4.98 Å². The first kappa shape index (κ1) is 20.4. The van der Waals surface area contributed by atoms with Crippen LogP contribution >= 0.6 is 12.6 Å². The van der Waals surface area contributed by atoms with Crippen molar-refractivity contribution in [3.8, 4) is 28.4 Å². The van der Waals surface area contributed by atoms with Crippen LogP contribution in [0.5, 0.6) is 11.5 Å². The van der Waals surface area contributed by atoms with Crippen molar-refractivity contribution >= 4 is 23.5 Å². The van der Waals surface area contributed by atoms with Crippen molar-refractivity contribution in [2.24, 2.45) is 0 Å². The third kappa shape index (κ3) is 3.16. The number of aromatic nitrogens is 3. The maximum absolute atomic E-state index is 10.7. The molecule has 0 bridgehead atoms. The number of thiol groups is 1. The number of hydrogen-bond acceptors (Lipinski definition) is 4. The van der Waals surface area contributed by atoms with Crippen LogP contribution in [-0.4, -0.2) is 26.3 Å². The predicted octanol–water partition coefficient (Wildman–Crippen LogP) is 5.95. The molecular formula is C24H27N3O2S. The van der Waals surface area contributed by atoms with Crippen molar-refractivity contribution in [1.29, 1.82) is 0 Å². The molecule has 0 saturated carbocycles. The monoisotopic (exact) mass is 421 g/mol. The normalized spacial score (nSPS) is 11.6. The van der Waals surface area contributed by atoms with Crippen molar-refractivity contribution in [2.75, 3.05) is 7.11 Å². The molecule has 0 fully saturated rings. The summed E-state index contributed by atoms with van der Waals surface area (Å²) < 4.78 is 9.84. The molecule has 2 aromatic heterocycles. The van der Waals surface area contributed by atoms with E-state index in [4.69, 9.17) is 4.74 Å². The number of aryl methyl sites for hydroxylation is 2. The van der Waals surface area contributed by atoms with Crippen LogP contribution in [0.3, 0.4) is 0 Å². The molecule has 0 radical (unpaired) electrons. The molecule has 5 nitrogen and oxygen atoms in total. The van der Waals surface area contributed by atoms with Gasteiger partial charge in [0.1, 0.15) is 11.5 Å². The van der Waals surface area contributed by atoms with Crippen LogP contribution in [0.25, 0.3) is 27.8 Å². The lowest BCUT2D eigenvalue weighted by atomic mass is 10.00. The number of benzene rings is 2. The first-order valence-corrected chi connectivity index (χ1v) is 10.6. The highest BCUT2D eigenvalue weighted by Crippen LogP contribution is 2.39. The number of phenolic OH excluding ortho intramolecular Hbond substituents is 1. The molecule has 0 aliphatic heterocycles. The van der Waals surface area contributed by atoms with E-state index in [0.29, 0.717) is 5.16 Å². The van der Waals surface area contributed by atoms with Gasteiger partial charge in [0.05, 0.1) is 30.2 Å². The molecule has 0 atom stereocenters. The highest BCUT2D eigenvalue weighted by molar-refractivity contribution is 7.80. The third-order valence-electron chi connectivity index (χ3n) is 5.69. The van der Waals surface area contributed by atoms with Crippen LogP contribution in [0.15, 0.2) is 47.9 Å². The summed E-state index contributed by atoms with van der Waals surface area (Å²) in [5, 5.41) is 12.3. The number of hydrogen-bond donors (Lipinski definition) is 2. The summed E-state index contributed by atoms with van der Waals surface area (Å²) in [5.41, 5.74) is 5.80. The fourth-order valence-corrected chi connectivity index (χ4v) is 4.39. The van der Waals surface area contributed by atoms with Crippen molar-refractivity contribution in [1.82, 2.24) is 14.1 Å². The van der Waals surface area contributed by atoms with Gasteiger partial charge in [-0.15, -0.1) is 12.6 Å². The third-order valence-corrected chi connectivity index (χ3v) is 6.00. The van der Waals surface area contributed by atoms with E-state index in [2.05, 4.69) is 55.2 Å². The van der Waals surface area contributed by atoms with Crippen molar-refractivity contribution in [2.45, 2.75) is 45.3 Å². The summed E-state index contributed by atoms with van der Waals surface area (Å²) in [7, 11) is 1.69. The number of fused-ring (bicyclic) bond motifs is 1. The lowest BCUT2D eigenvalue weighted by Crippen LogP contribution is -2.03. The molecule has 2 aromatic carbocycles. The smallest absolute Gasteiger partial charge is 0.169 e. The Bertz CT molecular complexity index is 1240. The van der Waals surface area contributed by atoms with Crippen LogP contribution in [0.1, 0.15) is 37.9 Å². The highest BCUT2D eigenvalue weighted by atomic mass is 32.1. The molecule has 0 spiro atoms. The number of phenols is 1. The molecular weight excluding hydrogens is 394 g/mol. The molecule has 30 heavy (non-hydrogen) atoms. The van der Waals surface area contributed by atoms with Crippen LogP contribution < -0.4 is 4.74 Å². The van der Waals surface area contributed by atoms with Crippen molar-refractivity contribution in [3.63, 3.8) is 0 Å². The van der Waals surface area contributed by atoms with Gasteiger partial charge in [-0.2, -0.15) is 0 Å². The average molecular weight is 422 g/mol. The number of rotatable bonds is 5. The molecule has 156 valence electrons. The largest absolute Gasteiger partial charge is 0.507 e. The Balaban J connectivity index is 2.01. The van der Waals surface area contributed by atoms with E-state index in [1.165, 1.54) is 5.56 Å². The number of methoxy groups -OCH3 is 1. The fourth-order valence-electron chi connectivity index (χ4n) is 4.12. The van der Waals surface area contributed by atoms with Crippen LogP contribution in [0, 0.1) is 6.92 Å². The summed E-state index contributed by atoms with van der Waals surface area (Å²) >= 11 is 4.64. The molecule has 0 aliphatic rings. The minimum Gasteiger partial charge on any atom is -0.507 e. The molecule has 1 N–H and O–H groups in total. The Hall–Kier alpha value is -2.86. The Kier molecular flexibility index (Phi) is 5.28. The Morgan fingerprint density at radius 3 is 2.63 bits per heavy atom. The average Bonchev–Trinajstić information content (AvgIpc) is 3.32. The maximum atomic E-state index is 10.7. The van der Waals surface area contributed by atoms with Crippen molar-refractivity contribution in [3.05, 3.63) is 53.9 Å².